The lowest BCUT2D eigenvalue weighted by atomic mass is 9.91. The van der Waals surface area contributed by atoms with Crippen molar-refractivity contribution in [3.05, 3.63) is 78.1 Å². The Balaban J connectivity index is 2.16. The molecule has 0 aliphatic rings. The molecule has 0 saturated heterocycles. The van der Waals surface area contributed by atoms with E-state index in [1.807, 2.05) is 36.4 Å². The minimum absolute atomic E-state index is 0.200. The Hall–Kier alpha value is -2.15. The van der Waals surface area contributed by atoms with Gasteiger partial charge in [-0.15, -0.1) is 0 Å². The third kappa shape index (κ3) is 5.42. The Labute approximate surface area is 158 Å². The number of hydrogen-bond donors (Lipinski definition) is 0. The summed E-state index contributed by atoms with van der Waals surface area (Å²) in [5.74, 6) is 1.06. The summed E-state index contributed by atoms with van der Waals surface area (Å²) < 4.78 is 14.6. The van der Waals surface area contributed by atoms with Crippen molar-refractivity contribution >= 4 is 5.57 Å². The Bertz CT molecular complexity index is 750. The van der Waals surface area contributed by atoms with Crippen LogP contribution in [0.2, 0.25) is 0 Å². The molecular formula is C25H31F. The molecule has 0 aliphatic heterocycles. The Morgan fingerprint density at radius 2 is 1.73 bits per heavy atom. The molecule has 0 aliphatic carbocycles. The van der Waals surface area contributed by atoms with Crippen molar-refractivity contribution in [1.29, 1.82) is 0 Å². The Morgan fingerprint density at radius 3 is 2.31 bits per heavy atom. The van der Waals surface area contributed by atoms with E-state index in [2.05, 4.69) is 46.4 Å². The highest BCUT2D eigenvalue weighted by molar-refractivity contribution is 5.75. The molecule has 2 rings (SSSR count). The van der Waals surface area contributed by atoms with Gasteiger partial charge in [-0.25, -0.2) is 4.39 Å². The zero-order valence-corrected chi connectivity index (χ0v) is 16.6. The lowest BCUT2D eigenvalue weighted by Gasteiger charge is -2.14. The van der Waals surface area contributed by atoms with Crippen molar-refractivity contribution in [2.24, 2.45) is 5.92 Å². The second kappa shape index (κ2) is 9.52. The van der Waals surface area contributed by atoms with Gasteiger partial charge >= 0.3 is 0 Å². The van der Waals surface area contributed by atoms with E-state index in [0.717, 1.165) is 29.0 Å². The van der Waals surface area contributed by atoms with Crippen LogP contribution in [0.5, 0.6) is 0 Å². The molecule has 0 radical (unpaired) electrons. The minimum Gasteiger partial charge on any atom is -0.206 e. The molecular weight excluding hydrogens is 319 g/mol. The maximum atomic E-state index is 14.6. The van der Waals surface area contributed by atoms with Crippen LogP contribution in [-0.4, -0.2) is 0 Å². The van der Waals surface area contributed by atoms with E-state index in [9.17, 15) is 4.39 Å². The zero-order valence-electron chi connectivity index (χ0n) is 16.6. The number of benzene rings is 2. The second-order valence-electron chi connectivity index (χ2n) is 7.52. The first-order valence-electron chi connectivity index (χ1n) is 9.68. The van der Waals surface area contributed by atoms with Crippen LogP contribution < -0.4 is 0 Å². The summed E-state index contributed by atoms with van der Waals surface area (Å²) >= 11 is 0. The highest BCUT2D eigenvalue weighted by Crippen LogP contribution is 2.29. The summed E-state index contributed by atoms with van der Waals surface area (Å²) in [5.41, 5.74) is 4.55. The van der Waals surface area contributed by atoms with Gasteiger partial charge in [0.05, 0.1) is 0 Å². The third-order valence-corrected chi connectivity index (χ3v) is 4.86. The second-order valence-corrected chi connectivity index (χ2v) is 7.52. The van der Waals surface area contributed by atoms with Gasteiger partial charge in [-0.2, -0.15) is 0 Å². The van der Waals surface area contributed by atoms with E-state index in [1.165, 1.54) is 18.4 Å². The van der Waals surface area contributed by atoms with Crippen molar-refractivity contribution in [3.63, 3.8) is 0 Å². The summed E-state index contributed by atoms with van der Waals surface area (Å²) in [6.45, 7) is 12.9. The molecule has 0 saturated carbocycles. The van der Waals surface area contributed by atoms with Crippen LogP contribution in [0.1, 0.15) is 64.0 Å². The molecule has 0 N–H and O–H groups in total. The van der Waals surface area contributed by atoms with Gasteiger partial charge in [-0.3, -0.25) is 0 Å². The van der Waals surface area contributed by atoms with Gasteiger partial charge in [-0.1, -0.05) is 89.2 Å². The summed E-state index contributed by atoms with van der Waals surface area (Å²) in [6, 6.07) is 13.7. The van der Waals surface area contributed by atoms with Crippen LogP contribution in [0.3, 0.4) is 0 Å². The summed E-state index contributed by atoms with van der Waals surface area (Å²) in [6.07, 6.45) is 7.35. The van der Waals surface area contributed by atoms with Gasteiger partial charge in [0.15, 0.2) is 0 Å². The predicted octanol–water partition coefficient (Wildman–Crippen LogP) is 8.01. The molecule has 1 heteroatoms. The topological polar surface area (TPSA) is 0 Å². The maximum absolute atomic E-state index is 14.6. The summed E-state index contributed by atoms with van der Waals surface area (Å²) in [5, 5.41) is 0. The first kappa shape index (κ1) is 20.2. The van der Waals surface area contributed by atoms with Gasteiger partial charge in [0, 0.05) is 5.56 Å². The van der Waals surface area contributed by atoms with Gasteiger partial charge in [0.25, 0.3) is 0 Å². The SMILES string of the molecule is C=C(/C=C\CC)c1ccc(-c2ccc(C(C)CCC(C)C)cc2)c(F)c1. The standard InChI is InChI=1S/C25H31F/c1-6-7-8-19(4)23-15-16-24(25(26)17-23)22-13-11-21(12-14-22)20(5)10-9-18(2)3/h7-8,11-18,20H,4,6,9-10H2,1-3,5H3/b8-7-. The fourth-order valence-corrected chi connectivity index (χ4v) is 3.05. The normalized spacial score (nSPS) is 12.7. The molecule has 2 aromatic carbocycles. The molecule has 0 bridgehead atoms. The lowest BCUT2D eigenvalue weighted by molar-refractivity contribution is 0.517. The predicted molar refractivity (Wildman–Crippen MR) is 113 cm³/mol. The van der Waals surface area contributed by atoms with E-state index < -0.39 is 0 Å². The summed E-state index contributed by atoms with van der Waals surface area (Å²) in [4.78, 5) is 0. The number of allylic oxidation sites excluding steroid dienone is 3. The van der Waals surface area contributed by atoms with Crippen LogP contribution in [0.4, 0.5) is 4.39 Å². The van der Waals surface area contributed by atoms with Crippen molar-refractivity contribution in [2.75, 3.05) is 0 Å². The van der Waals surface area contributed by atoms with Crippen molar-refractivity contribution in [1.82, 2.24) is 0 Å². The number of halogens is 1. The highest BCUT2D eigenvalue weighted by atomic mass is 19.1. The molecule has 0 spiro atoms. The Kier molecular flexibility index (Phi) is 7.38. The van der Waals surface area contributed by atoms with Crippen LogP contribution in [0.15, 0.2) is 61.2 Å². The molecule has 0 heterocycles. The molecule has 0 aromatic heterocycles. The zero-order chi connectivity index (χ0) is 19.1. The van der Waals surface area contributed by atoms with Crippen LogP contribution >= 0.6 is 0 Å². The molecule has 0 amide bonds. The van der Waals surface area contributed by atoms with Crippen LogP contribution in [0, 0.1) is 11.7 Å². The van der Waals surface area contributed by atoms with Crippen molar-refractivity contribution in [2.45, 2.75) is 52.9 Å². The minimum atomic E-state index is -0.200. The first-order valence-corrected chi connectivity index (χ1v) is 9.68. The third-order valence-electron chi connectivity index (χ3n) is 4.86. The Morgan fingerprint density at radius 1 is 1.04 bits per heavy atom. The van der Waals surface area contributed by atoms with Gasteiger partial charge in [0.2, 0.25) is 0 Å². The molecule has 26 heavy (non-hydrogen) atoms. The van der Waals surface area contributed by atoms with Crippen molar-refractivity contribution < 1.29 is 4.39 Å². The smallest absolute Gasteiger partial charge is 0.131 e. The highest BCUT2D eigenvalue weighted by Gasteiger charge is 2.10. The molecule has 1 unspecified atom stereocenters. The monoisotopic (exact) mass is 350 g/mol. The van der Waals surface area contributed by atoms with Gasteiger partial charge in [0.1, 0.15) is 5.82 Å². The largest absolute Gasteiger partial charge is 0.206 e. The molecule has 0 nitrogen and oxygen atoms in total. The average molecular weight is 351 g/mol. The fraction of sp³-hybridized carbons (Fsp3) is 0.360. The number of rotatable bonds is 8. The van der Waals surface area contributed by atoms with Crippen molar-refractivity contribution in [3.8, 4) is 11.1 Å². The van der Waals surface area contributed by atoms with E-state index in [-0.39, 0.29) is 5.82 Å². The van der Waals surface area contributed by atoms with Crippen LogP contribution in [0.25, 0.3) is 16.7 Å². The van der Waals surface area contributed by atoms with E-state index in [0.29, 0.717) is 11.5 Å². The van der Waals surface area contributed by atoms with E-state index >= 15 is 0 Å². The molecule has 0 fully saturated rings. The maximum Gasteiger partial charge on any atom is 0.131 e. The summed E-state index contributed by atoms with van der Waals surface area (Å²) in [7, 11) is 0. The van der Waals surface area contributed by atoms with Gasteiger partial charge in [-0.05, 0) is 53.0 Å². The molecule has 138 valence electrons. The average Bonchev–Trinajstić information content (AvgIpc) is 2.64. The number of hydrogen-bond acceptors (Lipinski definition) is 0. The molecule has 2 aromatic rings. The lowest BCUT2D eigenvalue weighted by Crippen LogP contribution is -1.97. The van der Waals surface area contributed by atoms with E-state index in [4.69, 9.17) is 0 Å². The van der Waals surface area contributed by atoms with Crippen LogP contribution in [-0.2, 0) is 0 Å². The molecule has 1 atom stereocenters. The van der Waals surface area contributed by atoms with Gasteiger partial charge < -0.3 is 0 Å². The quantitative estimate of drug-likeness (QED) is 0.423. The van der Waals surface area contributed by atoms with E-state index in [1.54, 1.807) is 6.07 Å². The first-order chi connectivity index (χ1) is 12.4. The fourth-order valence-electron chi connectivity index (χ4n) is 3.05.